The Balaban J connectivity index is 2.06. The minimum Gasteiger partial charge on any atom is -0.491 e. The Morgan fingerprint density at radius 3 is 3.00 bits per heavy atom. The maximum absolute atomic E-state index is 5.81. The van der Waals surface area contributed by atoms with E-state index in [2.05, 4.69) is 16.9 Å². The van der Waals surface area contributed by atoms with Crippen LogP contribution in [0.2, 0.25) is 0 Å². The number of hydrogen-bond donors (Lipinski definition) is 0. The minimum atomic E-state index is 0.569. The van der Waals surface area contributed by atoms with E-state index in [0.29, 0.717) is 18.2 Å². The van der Waals surface area contributed by atoms with Gasteiger partial charge in [-0.1, -0.05) is 13.0 Å². The van der Waals surface area contributed by atoms with E-state index in [1.807, 2.05) is 31.2 Å². The first kappa shape index (κ1) is 12.7. The van der Waals surface area contributed by atoms with Crippen molar-refractivity contribution in [2.24, 2.45) is 0 Å². The zero-order valence-corrected chi connectivity index (χ0v) is 11.6. The first-order valence-corrected chi connectivity index (χ1v) is 6.72. The molecule has 20 heavy (non-hydrogen) atoms. The Morgan fingerprint density at radius 1 is 1.25 bits per heavy atom. The lowest BCUT2D eigenvalue weighted by Crippen LogP contribution is -1.97. The molecule has 0 bridgehead atoms. The lowest BCUT2D eigenvalue weighted by molar-refractivity contribution is 0.316. The molecule has 2 heterocycles. The summed E-state index contributed by atoms with van der Waals surface area (Å²) >= 11 is 0. The summed E-state index contributed by atoms with van der Waals surface area (Å²) < 4.78 is 11.5. The summed E-state index contributed by atoms with van der Waals surface area (Å²) in [5.74, 6) is 1.27. The first-order valence-electron chi connectivity index (χ1n) is 6.72. The molecule has 0 unspecified atom stereocenters. The molecule has 0 saturated heterocycles. The number of aryl methyl sites for hydroxylation is 1. The number of hydrogen-bond acceptors (Lipinski definition) is 4. The number of fused-ring (bicyclic) bond motifs is 1. The fourth-order valence-corrected chi connectivity index (χ4v) is 2.04. The smallest absolute Gasteiger partial charge is 0.231 e. The van der Waals surface area contributed by atoms with E-state index >= 15 is 0 Å². The molecule has 4 heteroatoms. The number of aromatic nitrogens is 2. The van der Waals surface area contributed by atoms with E-state index in [4.69, 9.17) is 9.15 Å². The molecule has 0 atom stereocenters. The Morgan fingerprint density at radius 2 is 2.15 bits per heavy atom. The van der Waals surface area contributed by atoms with E-state index in [9.17, 15) is 0 Å². The van der Waals surface area contributed by atoms with Crippen molar-refractivity contribution in [3.63, 3.8) is 0 Å². The van der Waals surface area contributed by atoms with Gasteiger partial charge in [-0.2, -0.15) is 0 Å². The second-order valence-corrected chi connectivity index (χ2v) is 4.71. The van der Waals surface area contributed by atoms with Gasteiger partial charge in [-0.05, 0) is 37.1 Å². The molecule has 0 aliphatic heterocycles. The van der Waals surface area contributed by atoms with Gasteiger partial charge in [0.05, 0.1) is 18.4 Å². The standard InChI is InChI=1S/C16H16N2O2/c1-3-8-19-15-10-17-7-6-12(15)16-18-13-9-11(2)4-5-14(13)20-16/h4-7,9-10H,3,8H2,1-2H3. The molecular formula is C16H16N2O2. The van der Waals surface area contributed by atoms with Crippen LogP contribution in [0.15, 0.2) is 41.1 Å². The second-order valence-electron chi connectivity index (χ2n) is 4.71. The number of ether oxygens (including phenoxy) is 1. The third-order valence-corrected chi connectivity index (χ3v) is 3.02. The van der Waals surface area contributed by atoms with Gasteiger partial charge in [0.2, 0.25) is 5.89 Å². The summed E-state index contributed by atoms with van der Waals surface area (Å²) in [4.78, 5) is 8.64. The molecule has 0 amide bonds. The van der Waals surface area contributed by atoms with Crippen molar-refractivity contribution in [2.45, 2.75) is 20.3 Å². The molecule has 0 fully saturated rings. The van der Waals surface area contributed by atoms with Crippen molar-refractivity contribution in [3.05, 3.63) is 42.2 Å². The quantitative estimate of drug-likeness (QED) is 0.718. The van der Waals surface area contributed by atoms with Crippen molar-refractivity contribution < 1.29 is 9.15 Å². The normalized spacial score (nSPS) is 10.9. The maximum Gasteiger partial charge on any atom is 0.231 e. The summed E-state index contributed by atoms with van der Waals surface area (Å²) in [6.45, 7) is 4.76. The van der Waals surface area contributed by atoms with Crippen molar-refractivity contribution in [1.82, 2.24) is 9.97 Å². The van der Waals surface area contributed by atoms with Crippen molar-refractivity contribution in [2.75, 3.05) is 6.61 Å². The predicted molar refractivity (Wildman–Crippen MR) is 77.8 cm³/mol. The van der Waals surface area contributed by atoms with Gasteiger partial charge in [0, 0.05) is 6.20 Å². The molecule has 0 aliphatic carbocycles. The third kappa shape index (κ3) is 2.37. The summed E-state index contributed by atoms with van der Waals surface area (Å²) in [5, 5.41) is 0. The van der Waals surface area contributed by atoms with Crippen LogP contribution in [0.4, 0.5) is 0 Å². The van der Waals surface area contributed by atoms with E-state index in [0.717, 1.165) is 28.6 Å². The highest BCUT2D eigenvalue weighted by molar-refractivity contribution is 5.77. The largest absolute Gasteiger partial charge is 0.491 e. The average molecular weight is 268 g/mol. The molecule has 2 aromatic heterocycles. The monoisotopic (exact) mass is 268 g/mol. The van der Waals surface area contributed by atoms with Gasteiger partial charge in [0.1, 0.15) is 11.3 Å². The zero-order chi connectivity index (χ0) is 13.9. The molecule has 0 N–H and O–H groups in total. The lowest BCUT2D eigenvalue weighted by atomic mass is 10.2. The Labute approximate surface area is 117 Å². The molecule has 1 aromatic carbocycles. The fourth-order valence-electron chi connectivity index (χ4n) is 2.04. The van der Waals surface area contributed by atoms with Crippen LogP contribution in [-0.4, -0.2) is 16.6 Å². The lowest BCUT2D eigenvalue weighted by Gasteiger charge is -2.07. The maximum atomic E-state index is 5.81. The molecule has 3 aromatic rings. The average Bonchev–Trinajstić information content (AvgIpc) is 2.88. The highest BCUT2D eigenvalue weighted by Crippen LogP contribution is 2.31. The predicted octanol–water partition coefficient (Wildman–Crippen LogP) is 3.99. The number of nitrogens with zero attached hydrogens (tertiary/aromatic N) is 2. The highest BCUT2D eigenvalue weighted by atomic mass is 16.5. The summed E-state index contributed by atoms with van der Waals surface area (Å²) in [7, 11) is 0. The first-order chi connectivity index (χ1) is 9.78. The molecule has 0 radical (unpaired) electrons. The molecule has 102 valence electrons. The molecular weight excluding hydrogens is 252 g/mol. The fraction of sp³-hybridized carbons (Fsp3) is 0.250. The summed E-state index contributed by atoms with van der Waals surface area (Å²) in [6, 6.07) is 7.83. The molecule has 0 saturated carbocycles. The van der Waals surface area contributed by atoms with Gasteiger partial charge < -0.3 is 9.15 Å². The van der Waals surface area contributed by atoms with E-state index in [-0.39, 0.29) is 0 Å². The SMILES string of the molecule is CCCOc1cnccc1-c1nc2cc(C)ccc2o1. The minimum absolute atomic E-state index is 0.569. The van der Waals surface area contributed by atoms with Crippen LogP contribution in [0.25, 0.3) is 22.6 Å². The third-order valence-electron chi connectivity index (χ3n) is 3.02. The van der Waals surface area contributed by atoms with Gasteiger partial charge in [-0.15, -0.1) is 0 Å². The molecule has 4 nitrogen and oxygen atoms in total. The number of oxazole rings is 1. The van der Waals surface area contributed by atoms with Gasteiger partial charge in [-0.3, -0.25) is 4.98 Å². The van der Waals surface area contributed by atoms with Crippen LogP contribution in [0.3, 0.4) is 0 Å². The number of benzene rings is 1. The Kier molecular flexibility index (Phi) is 3.37. The van der Waals surface area contributed by atoms with Crippen LogP contribution in [0, 0.1) is 6.92 Å². The van der Waals surface area contributed by atoms with Crippen LogP contribution >= 0.6 is 0 Å². The summed E-state index contributed by atoms with van der Waals surface area (Å²) in [5.41, 5.74) is 3.64. The van der Waals surface area contributed by atoms with Crippen LogP contribution in [0.5, 0.6) is 5.75 Å². The molecule has 3 rings (SSSR count). The van der Waals surface area contributed by atoms with Crippen molar-refractivity contribution in [3.8, 4) is 17.2 Å². The van der Waals surface area contributed by atoms with Gasteiger partial charge in [0.15, 0.2) is 5.58 Å². The van der Waals surface area contributed by atoms with Gasteiger partial charge in [0.25, 0.3) is 0 Å². The van der Waals surface area contributed by atoms with Crippen LogP contribution < -0.4 is 4.74 Å². The topological polar surface area (TPSA) is 48.2 Å². The Hall–Kier alpha value is -2.36. The molecule has 0 spiro atoms. The second kappa shape index (κ2) is 5.33. The van der Waals surface area contributed by atoms with E-state index < -0.39 is 0 Å². The van der Waals surface area contributed by atoms with Gasteiger partial charge in [-0.25, -0.2) is 4.98 Å². The van der Waals surface area contributed by atoms with E-state index in [1.54, 1.807) is 12.4 Å². The number of rotatable bonds is 4. The van der Waals surface area contributed by atoms with Gasteiger partial charge >= 0.3 is 0 Å². The van der Waals surface area contributed by atoms with Crippen LogP contribution in [0.1, 0.15) is 18.9 Å². The molecule has 0 aliphatic rings. The summed E-state index contributed by atoms with van der Waals surface area (Å²) in [6.07, 6.45) is 4.36. The van der Waals surface area contributed by atoms with Crippen LogP contribution in [-0.2, 0) is 0 Å². The zero-order valence-electron chi connectivity index (χ0n) is 11.6. The Bertz CT molecular complexity index is 734. The highest BCUT2D eigenvalue weighted by Gasteiger charge is 2.13. The van der Waals surface area contributed by atoms with Crippen molar-refractivity contribution >= 4 is 11.1 Å². The van der Waals surface area contributed by atoms with Crippen molar-refractivity contribution in [1.29, 1.82) is 0 Å². The number of pyridine rings is 1. The van der Waals surface area contributed by atoms with E-state index in [1.165, 1.54) is 0 Å².